The minimum absolute atomic E-state index is 0.0331. The van der Waals surface area contributed by atoms with Gasteiger partial charge in [-0.2, -0.15) is 5.10 Å². The molecule has 0 spiro atoms. The fraction of sp³-hybridized carbons (Fsp3) is 0.583. The Hall–Kier alpha value is -2.25. The van der Waals surface area contributed by atoms with Crippen molar-refractivity contribution in [3.05, 3.63) is 41.8 Å². The van der Waals surface area contributed by atoms with E-state index in [1.165, 1.54) is 57.5 Å². The predicted octanol–water partition coefficient (Wildman–Crippen LogP) is 3.85. The third kappa shape index (κ3) is 6.14. The summed E-state index contributed by atoms with van der Waals surface area (Å²) in [4.78, 5) is 17.6. The van der Waals surface area contributed by atoms with Gasteiger partial charge in [-0.05, 0) is 89.0 Å². The van der Waals surface area contributed by atoms with Crippen molar-refractivity contribution in [2.75, 3.05) is 44.6 Å². The number of aryl methyl sites for hydroxylation is 1. The number of benzene rings is 1. The van der Waals surface area contributed by atoms with Crippen LogP contribution in [0.1, 0.15) is 44.2 Å². The number of nitrogens with zero attached hydrogens (tertiary/aromatic N) is 4. The molecule has 2 saturated heterocycles. The third-order valence-corrected chi connectivity index (χ3v) is 6.46. The number of carbonyl (C=O) groups excluding carboxylic acids is 1. The average molecular weight is 428 g/mol. The summed E-state index contributed by atoms with van der Waals surface area (Å²) in [6.45, 7) is 7.95. The zero-order chi connectivity index (χ0) is 21.6. The maximum Gasteiger partial charge on any atom is 0.239 e. The molecule has 2 aromatic rings. The fourth-order valence-electron chi connectivity index (χ4n) is 4.76. The molecule has 1 aromatic carbocycles. The molecule has 3 heterocycles. The van der Waals surface area contributed by atoms with Crippen LogP contribution < -0.4 is 5.32 Å². The number of hydrogen-bond acceptors (Lipinski definition) is 4. The van der Waals surface area contributed by atoms with Crippen LogP contribution in [0.25, 0.3) is 5.69 Å². The lowest BCUT2D eigenvalue weighted by Gasteiger charge is -2.34. The van der Waals surface area contributed by atoms with Crippen LogP contribution in [0.3, 0.4) is 0 Å². The minimum atomic E-state index is -0.294. The van der Waals surface area contributed by atoms with Crippen molar-refractivity contribution in [1.29, 1.82) is 0 Å². The van der Waals surface area contributed by atoms with Gasteiger partial charge in [-0.15, -0.1) is 0 Å². The van der Waals surface area contributed by atoms with Gasteiger partial charge in [0.2, 0.25) is 5.91 Å². The van der Waals surface area contributed by atoms with Gasteiger partial charge < -0.3 is 10.2 Å². The van der Waals surface area contributed by atoms with Crippen LogP contribution in [-0.2, 0) is 4.79 Å². The Morgan fingerprint density at radius 2 is 1.71 bits per heavy atom. The Bertz CT molecular complexity index is 849. The van der Waals surface area contributed by atoms with Crippen LogP contribution in [0.5, 0.6) is 0 Å². The van der Waals surface area contributed by atoms with Gasteiger partial charge in [-0.25, -0.2) is 9.07 Å². The normalized spacial score (nSPS) is 19.3. The van der Waals surface area contributed by atoms with Crippen molar-refractivity contribution in [3.8, 4) is 5.69 Å². The maximum absolute atomic E-state index is 13.2. The molecule has 1 amide bonds. The number of hydrogen-bond donors (Lipinski definition) is 1. The standard InChI is InChI=1S/C24H34FN5O/c1-19-16-23(30(27-19)22-8-6-21(25)7-9-22)26-24(31)18-29-14-10-20(11-15-29)17-28-12-4-2-3-5-13-28/h6-9,16,20H,2-5,10-15,17-18H2,1H3,(H,26,31). The van der Waals surface area contributed by atoms with E-state index in [1.807, 2.05) is 13.0 Å². The molecule has 6 nitrogen and oxygen atoms in total. The molecular formula is C24H34FN5O. The minimum Gasteiger partial charge on any atom is -0.309 e. The number of anilines is 1. The SMILES string of the molecule is Cc1cc(NC(=O)CN2CCC(CN3CCCCCC3)CC2)n(-c2ccc(F)cc2)n1. The van der Waals surface area contributed by atoms with Gasteiger partial charge in [0.05, 0.1) is 17.9 Å². The van der Waals surface area contributed by atoms with Crippen LogP contribution in [0.2, 0.25) is 0 Å². The Morgan fingerprint density at radius 3 is 2.39 bits per heavy atom. The van der Waals surface area contributed by atoms with Crippen LogP contribution in [0.4, 0.5) is 10.2 Å². The summed E-state index contributed by atoms with van der Waals surface area (Å²) in [7, 11) is 0. The molecule has 0 radical (unpaired) electrons. The van der Waals surface area contributed by atoms with Gasteiger partial charge in [-0.1, -0.05) is 12.8 Å². The van der Waals surface area contributed by atoms with Crippen molar-refractivity contribution < 1.29 is 9.18 Å². The van der Waals surface area contributed by atoms with Crippen molar-refractivity contribution in [2.45, 2.75) is 45.4 Å². The van der Waals surface area contributed by atoms with E-state index in [0.29, 0.717) is 12.4 Å². The molecule has 168 valence electrons. The molecule has 0 unspecified atom stereocenters. The molecule has 0 bridgehead atoms. The maximum atomic E-state index is 13.2. The topological polar surface area (TPSA) is 53.4 Å². The van der Waals surface area contributed by atoms with E-state index < -0.39 is 0 Å². The number of likely N-dealkylation sites (tertiary alicyclic amines) is 2. The summed E-state index contributed by atoms with van der Waals surface area (Å²) >= 11 is 0. The average Bonchev–Trinajstić information content (AvgIpc) is 2.94. The van der Waals surface area contributed by atoms with E-state index in [-0.39, 0.29) is 11.7 Å². The molecule has 2 aliphatic heterocycles. The highest BCUT2D eigenvalue weighted by atomic mass is 19.1. The second-order valence-corrected chi connectivity index (χ2v) is 9.04. The predicted molar refractivity (Wildman–Crippen MR) is 121 cm³/mol. The Balaban J connectivity index is 1.27. The van der Waals surface area contributed by atoms with E-state index in [9.17, 15) is 9.18 Å². The number of piperidine rings is 1. The first-order valence-corrected chi connectivity index (χ1v) is 11.6. The van der Waals surface area contributed by atoms with Crippen LogP contribution in [0.15, 0.2) is 30.3 Å². The van der Waals surface area contributed by atoms with E-state index in [1.54, 1.807) is 16.8 Å². The fourth-order valence-corrected chi connectivity index (χ4v) is 4.76. The molecule has 1 N–H and O–H groups in total. The molecule has 4 rings (SSSR count). The number of nitrogens with one attached hydrogen (secondary N) is 1. The summed E-state index contributed by atoms with van der Waals surface area (Å²) in [6.07, 6.45) is 7.76. The molecule has 0 atom stereocenters. The smallest absolute Gasteiger partial charge is 0.239 e. The first-order valence-electron chi connectivity index (χ1n) is 11.6. The van der Waals surface area contributed by atoms with Gasteiger partial charge in [0.25, 0.3) is 0 Å². The van der Waals surface area contributed by atoms with Gasteiger partial charge in [-0.3, -0.25) is 9.69 Å². The van der Waals surface area contributed by atoms with Gasteiger partial charge in [0, 0.05) is 12.6 Å². The third-order valence-electron chi connectivity index (χ3n) is 6.46. The van der Waals surface area contributed by atoms with Crippen LogP contribution >= 0.6 is 0 Å². The Labute approximate surface area is 184 Å². The Morgan fingerprint density at radius 1 is 1.03 bits per heavy atom. The zero-order valence-corrected chi connectivity index (χ0v) is 18.5. The van der Waals surface area contributed by atoms with E-state index >= 15 is 0 Å². The first-order chi connectivity index (χ1) is 15.1. The highest BCUT2D eigenvalue weighted by Gasteiger charge is 2.23. The molecular weight excluding hydrogens is 393 g/mol. The number of rotatable bonds is 6. The molecule has 0 aliphatic carbocycles. The summed E-state index contributed by atoms with van der Waals surface area (Å²) in [5.41, 5.74) is 1.52. The molecule has 2 aliphatic rings. The first kappa shape index (κ1) is 22.0. The summed E-state index contributed by atoms with van der Waals surface area (Å²) in [5.74, 6) is 1.04. The second-order valence-electron chi connectivity index (χ2n) is 9.04. The lowest BCUT2D eigenvalue weighted by atomic mass is 9.96. The van der Waals surface area contributed by atoms with Gasteiger partial charge >= 0.3 is 0 Å². The van der Waals surface area contributed by atoms with Crippen molar-refractivity contribution in [3.63, 3.8) is 0 Å². The van der Waals surface area contributed by atoms with Gasteiger partial charge in [0.15, 0.2) is 0 Å². The Kier molecular flexibility index (Phi) is 7.35. The van der Waals surface area contributed by atoms with Gasteiger partial charge in [0.1, 0.15) is 11.6 Å². The molecule has 0 saturated carbocycles. The van der Waals surface area contributed by atoms with Crippen molar-refractivity contribution in [2.24, 2.45) is 5.92 Å². The number of halogens is 1. The lowest BCUT2D eigenvalue weighted by Crippen LogP contribution is -2.42. The zero-order valence-electron chi connectivity index (χ0n) is 18.5. The molecule has 1 aromatic heterocycles. The second kappa shape index (κ2) is 10.4. The summed E-state index contributed by atoms with van der Waals surface area (Å²) in [5, 5.41) is 7.44. The molecule has 7 heteroatoms. The van der Waals surface area contributed by atoms with Crippen molar-refractivity contribution in [1.82, 2.24) is 19.6 Å². The van der Waals surface area contributed by atoms with Crippen molar-refractivity contribution >= 4 is 11.7 Å². The molecule has 2 fully saturated rings. The van der Waals surface area contributed by atoms with E-state index in [4.69, 9.17) is 0 Å². The highest BCUT2D eigenvalue weighted by molar-refractivity contribution is 5.91. The number of amides is 1. The van der Waals surface area contributed by atoms with Crippen LogP contribution in [-0.4, -0.2) is 64.8 Å². The monoisotopic (exact) mass is 427 g/mol. The number of aromatic nitrogens is 2. The highest BCUT2D eigenvalue weighted by Crippen LogP contribution is 2.21. The lowest BCUT2D eigenvalue weighted by molar-refractivity contribution is -0.117. The van der Waals surface area contributed by atoms with Crippen LogP contribution in [0, 0.1) is 18.7 Å². The van der Waals surface area contributed by atoms with E-state index in [0.717, 1.165) is 43.2 Å². The quantitative estimate of drug-likeness (QED) is 0.761. The molecule has 31 heavy (non-hydrogen) atoms. The van der Waals surface area contributed by atoms with E-state index in [2.05, 4.69) is 20.2 Å². The summed E-state index contributed by atoms with van der Waals surface area (Å²) < 4.78 is 14.9. The number of carbonyl (C=O) groups is 1. The summed E-state index contributed by atoms with van der Waals surface area (Å²) in [6, 6.07) is 7.95. The largest absolute Gasteiger partial charge is 0.309 e.